The summed E-state index contributed by atoms with van der Waals surface area (Å²) in [5.74, 6) is 0. The van der Waals surface area contributed by atoms with Gasteiger partial charge in [-0.25, -0.2) is 0 Å². The van der Waals surface area contributed by atoms with E-state index in [0.29, 0.717) is 0 Å². The van der Waals surface area contributed by atoms with Crippen LogP contribution in [0.4, 0.5) is 0 Å². The van der Waals surface area contributed by atoms with Crippen molar-refractivity contribution < 1.29 is 0 Å². The number of hydrogen-bond acceptors (Lipinski definition) is 1. The van der Waals surface area contributed by atoms with Crippen molar-refractivity contribution in [2.45, 2.75) is 6.17 Å². The molecule has 0 aromatic heterocycles. The molecule has 1 aromatic rings. The van der Waals surface area contributed by atoms with Crippen LogP contribution in [0.1, 0.15) is 11.7 Å². The monoisotopic (exact) mass is 164 g/mol. The fraction of sp³-hybridized carbons (Fsp3) is 0.125. The predicted octanol–water partition coefficient (Wildman–Crippen LogP) is 1.16. The van der Waals surface area contributed by atoms with Crippen LogP contribution in [0.5, 0.6) is 0 Å². The summed E-state index contributed by atoms with van der Waals surface area (Å²) >= 11 is 4.84. The highest BCUT2D eigenvalue weighted by Crippen LogP contribution is 2.13. The molecule has 0 atom stereocenters. The Morgan fingerprint density at radius 1 is 1.09 bits per heavy atom. The van der Waals surface area contributed by atoms with Gasteiger partial charge in [0, 0.05) is 0 Å². The van der Waals surface area contributed by atoms with E-state index in [-0.39, 0.29) is 6.17 Å². The first-order valence-electron chi connectivity index (χ1n) is 3.48. The van der Waals surface area contributed by atoms with Gasteiger partial charge in [-0.15, -0.1) is 0 Å². The van der Waals surface area contributed by atoms with E-state index >= 15 is 0 Å². The maximum Gasteiger partial charge on any atom is 0.170 e. The molecule has 56 valence electrons. The van der Waals surface area contributed by atoms with E-state index in [2.05, 4.69) is 22.8 Å². The van der Waals surface area contributed by atoms with Gasteiger partial charge in [-0.3, -0.25) is 0 Å². The lowest BCUT2D eigenvalue weighted by Crippen LogP contribution is -2.56. The molecule has 1 aliphatic heterocycles. The molecule has 0 radical (unpaired) electrons. The van der Waals surface area contributed by atoms with Crippen molar-refractivity contribution in [1.82, 2.24) is 10.6 Å². The molecule has 3 heteroatoms. The van der Waals surface area contributed by atoms with Crippen molar-refractivity contribution >= 4 is 17.3 Å². The van der Waals surface area contributed by atoms with Crippen LogP contribution in [0.2, 0.25) is 0 Å². The zero-order valence-corrected chi connectivity index (χ0v) is 6.69. The summed E-state index contributed by atoms with van der Waals surface area (Å²) < 4.78 is 0. The second kappa shape index (κ2) is 2.51. The maximum atomic E-state index is 4.84. The van der Waals surface area contributed by atoms with Gasteiger partial charge in [-0.1, -0.05) is 30.3 Å². The first-order chi connectivity index (χ1) is 5.36. The van der Waals surface area contributed by atoms with Crippen molar-refractivity contribution in [2.24, 2.45) is 0 Å². The van der Waals surface area contributed by atoms with E-state index < -0.39 is 0 Å². The first kappa shape index (κ1) is 6.61. The number of thiocarbonyl (C=S) groups is 1. The molecular weight excluding hydrogens is 156 g/mol. The van der Waals surface area contributed by atoms with Gasteiger partial charge in [-0.05, 0) is 17.8 Å². The highest BCUT2D eigenvalue weighted by molar-refractivity contribution is 7.80. The minimum Gasteiger partial charge on any atom is -0.339 e. The molecule has 1 heterocycles. The van der Waals surface area contributed by atoms with Gasteiger partial charge in [0.25, 0.3) is 0 Å². The van der Waals surface area contributed by atoms with E-state index in [4.69, 9.17) is 12.2 Å². The lowest BCUT2D eigenvalue weighted by Gasteiger charge is -2.32. The zero-order valence-electron chi connectivity index (χ0n) is 5.87. The van der Waals surface area contributed by atoms with E-state index in [9.17, 15) is 0 Å². The molecule has 1 saturated heterocycles. The van der Waals surface area contributed by atoms with Crippen LogP contribution >= 0.6 is 12.2 Å². The molecule has 0 spiro atoms. The topological polar surface area (TPSA) is 24.1 Å². The van der Waals surface area contributed by atoms with Crippen LogP contribution in [-0.4, -0.2) is 5.11 Å². The van der Waals surface area contributed by atoms with Gasteiger partial charge >= 0.3 is 0 Å². The molecule has 11 heavy (non-hydrogen) atoms. The number of benzene rings is 1. The third kappa shape index (κ3) is 1.19. The Morgan fingerprint density at radius 2 is 1.73 bits per heavy atom. The van der Waals surface area contributed by atoms with E-state index in [1.54, 1.807) is 0 Å². The van der Waals surface area contributed by atoms with Gasteiger partial charge in [0.15, 0.2) is 5.11 Å². The Kier molecular flexibility index (Phi) is 1.51. The Labute approximate surface area is 70.6 Å². The van der Waals surface area contributed by atoms with Crippen LogP contribution in [0.15, 0.2) is 30.3 Å². The molecule has 2 rings (SSSR count). The zero-order chi connectivity index (χ0) is 7.68. The Morgan fingerprint density at radius 3 is 2.27 bits per heavy atom. The summed E-state index contributed by atoms with van der Waals surface area (Å²) in [6, 6.07) is 10.2. The van der Waals surface area contributed by atoms with E-state index in [0.717, 1.165) is 5.11 Å². The lowest BCUT2D eigenvalue weighted by molar-refractivity contribution is 0.517. The summed E-state index contributed by atoms with van der Waals surface area (Å²) in [6.07, 6.45) is 0.226. The Balaban J connectivity index is 2.13. The fourth-order valence-electron chi connectivity index (χ4n) is 1.07. The molecule has 1 aliphatic rings. The normalized spacial score (nSPS) is 16.5. The maximum absolute atomic E-state index is 4.84. The van der Waals surface area contributed by atoms with Crippen molar-refractivity contribution in [3.05, 3.63) is 35.9 Å². The van der Waals surface area contributed by atoms with Crippen LogP contribution in [-0.2, 0) is 0 Å². The van der Waals surface area contributed by atoms with Crippen LogP contribution in [0.25, 0.3) is 0 Å². The van der Waals surface area contributed by atoms with Crippen molar-refractivity contribution in [2.75, 3.05) is 0 Å². The van der Waals surface area contributed by atoms with Gasteiger partial charge in [0.1, 0.15) is 6.17 Å². The van der Waals surface area contributed by atoms with Crippen LogP contribution in [0.3, 0.4) is 0 Å². The van der Waals surface area contributed by atoms with Gasteiger partial charge in [0.05, 0.1) is 0 Å². The largest absolute Gasteiger partial charge is 0.339 e. The smallest absolute Gasteiger partial charge is 0.170 e. The minimum absolute atomic E-state index is 0.226. The molecular formula is C8H8N2S. The molecule has 0 amide bonds. The first-order valence-corrected chi connectivity index (χ1v) is 3.89. The molecule has 0 unspecified atom stereocenters. The van der Waals surface area contributed by atoms with Crippen LogP contribution < -0.4 is 10.6 Å². The summed E-state index contributed by atoms with van der Waals surface area (Å²) in [6.45, 7) is 0. The summed E-state index contributed by atoms with van der Waals surface area (Å²) in [4.78, 5) is 0. The van der Waals surface area contributed by atoms with Crippen molar-refractivity contribution in [1.29, 1.82) is 0 Å². The third-order valence-electron chi connectivity index (χ3n) is 1.68. The summed E-state index contributed by atoms with van der Waals surface area (Å²) in [7, 11) is 0. The molecule has 0 aliphatic carbocycles. The van der Waals surface area contributed by atoms with Gasteiger partial charge in [0.2, 0.25) is 0 Å². The minimum atomic E-state index is 0.226. The number of rotatable bonds is 1. The Hall–Kier alpha value is -1.09. The Bertz CT molecular complexity index is 263. The number of hydrogen-bond donors (Lipinski definition) is 2. The van der Waals surface area contributed by atoms with Crippen molar-refractivity contribution in [3.8, 4) is 0 Å². The third-order valence-corrected chi connectivity index (χ3v) is 1.92. The predicted molar refractivity (Wildman–Crippen MR) is 48.1 cm³/mol. The second-order valence-corrected chi connectivity index (χ2v) is 2.87. The SMILES string of the molecule is S=C1NC(c2ccccc2)N1. The average molecular weight is 164 g/mol. The molecule has 0 saturated carbocycles. The molecule has 2 nitrogen and oxygen atoms in total. The highest BCUT2D eigenvalue weighted by atomic mass is 32.1. The van der Waals surface area contributed by atoms with E-state index in [1.165, 1.54) is 5.56 Å². The van der Waals surface area contributed by atoms with Gasteiger partial charge < -0.3 is 10.6 Å². The lowest BCUT2D eigenvalue weighted by atomic mass is 10.1. The molecule has 1 aromatic carbocycles. The molecule has 2 N–H and O–H groups in total. The second-order valence-electron chi connectivity index (χ2n) is 2.46. The van der Waals surface area contributed by atoms with Gasteiger partial charge in [-0.2, -0.15) is 0 Å². The van der Waals surface area contributed by atoms with Crippen LogP contribution in [0, 0.1) is 0 Å². The molecule has 0 bridgehead atoms. The fourth-order valence-corrected chi connectivity index (χ4v) is 1.31. The standard InChI is InChI=1S/C8H8N2S/c11-8-9-7(10-8)6-4-2-1-3-5-6/h1-5,7H,(H2,9,10,11). The summed E-state index contributed by atoms with van der Waals surface area (Å²) in [5.41, 5.74) is 1.22. The summed E-state index contributed by atoms with van der Waals surface area (Å²) in [5, 5.41) is 6.89. The quantitative estimate of drug-likeness (QED) is 0.609. The molecule has 1 fully saturated rings. The number of nitrogens with one attached hydrogen (secondary N) is 2. The van der Waals surface area contributed by atoms with Crippen molar-refractivity contribution in [3.63, 3.8) is 0 Å². The van der Waals surface area contributed by atoms with E-state index in [1.807, 2.05) is 18.2 Å². The highest BCUT2D eigenvalue weighted by Gasteiger charge is 2.20. The average Bonchev–Trinajstić information content (AvgIpc) is 2.01.